The fourth-order valence-corrected chi connectivity index (χ4v) is 3.27. The number of amides is 1. The number of likely N-dealkylation sites (tertiary alicyclic amines) is 1. The molecule has 0 aromatic carbocycles. The maximum atomic E-state index is 12.9. The van der Waals surface area contributed by atoms with E-state index in [0.717, 1.165) is 11.4 Å². The first kappa shape index (κ1) is 16.3. The van der Waals surface area contributed by atoms with Crippen LogP contribution in [0.15, 0.2) is 16.7 Å². The van der Waals surface area contributed by atoms with Gasteiger partial charge in [0.1, 0.15) is 5.76 Å². The maximum Gasteiger partial charge on any atom is 0.311 e. The predicted molar refractivity (Wildman–Crippen MR) is 86.3 cm³/mol. The predicted octanol–water partition coefficient (Wildman–Crippen LogP) is 2.33. The molecule has 7 nitrogen and oxygen atoms in total. The lowest BCUT2D eigenvalue weighted by molar-refractivity contribution is -0.147. The summed E-state index contributed by atoms with van der Waals surface area (Å²) in [6.07, 6.45) is 0.468. The quantitative estimate of drug-likeness (QED) is 0.932. The van der Waals surface area contributed by atoms with Crippen LogP contribution in [0.4, 0.5) is 0 Å². The second-order valence-electron chi connectivity index (χ2n) is 6.76. The van der Waals surface area contributed by atoms with E-state index in [1.165, 1.54) is 0 Å². The third-order valence-electron chi connectivity index (χ3n) is 4.78. The number of carbonyl (C=O) groups is 2. The standard InChI is InChI=1S/C17H21N3O4/c1-10-7-13(12(3)20(10)14-8-11(2)24-18-14)15(21)19-6-5-17(4,9-19)16(22)23/h7-8H,5-6,9H2,1-4H3,(H,22,23). The van der Waals surface area contributed by atoms with Crippen LogP contribution in [0, 0.1) is 26.2 Å². The number of carboxylic acids is 1. The van der Waals surface area contributed by atoms with Crippen molar-refractivity contribution in [3.63, 3.8) is 0 Å². The number of aromatic nitrogens is 2. The average molecular weight is 331 g/mol. The van der Waals surface area contributed by atoms with Gasteiger partial charge in [-0.2, -0.15) is 0 Å². The Morgan fingerprint density at radius 3 is 2.54 bits per heavy atom. The number of rotatable bonds is 3. The van der Waals surface area contributed by atoms with Gasteiger partial charge in [0, 0.05) is 30.5 Å². The molecule has 3 rings (SSSR count). The molecule has 2 aromatic heterocycles. The summed E-state index contributed by atoms with van der Waals surface area (Å²) in [4.78, 5) is 25.9. The number of nitrogens with zero attached hydrogens (tertiary/aromatic N) is 3. The van der Waals surface area contributed by atoms with E-state index in [4.69, 9.17) is 4.52 Å². The summed E-state index contributed by atoms with van der Waals surface area (Å²) in [5.41, 5.74) is 1.35. The van der Waals surface area contributed by atoms with Crippen molar-refractivity contribution in [3.05, 3.63) is 34.8 Å². The highest BCUT2D eigenvalue weighted by Crippen LogP contribution is 2.32. The van der Waals surface area contributed by atoms with Crippen molar-refractivity contribution >= 4 is 11.9 Å². The molecule has 24 heavy (non-hydrogen) atoms. The summed E-state index contributed by atoms with van der Waals surface area (Å²) in [5.74, 6) is 0.335. The summed E-state index contributed by atoms with van der Waals surface area (Å²) >= 11 is 0. The first-order chi connectivity index (χ1) is 11.2. The molecule has 0 saturated carbocycles. The molecular weight excluding hydrogens is 310 g/mol. The topological polar surface area (TPSA) is 88.6 Å². The molecule has 3 heterocycles. The molecule has 1 aliphatic rings. The maximum absolute atomic E-state index is 12.9. The Kier molecular flexibility index (Phi) is 3.74. The zero-order valence-corrected chi connectivity index (χ0v) is 14.3. The summed E-state index contributed by atoms with van der Waals surface area (Å²) in [5, 5.41) is 13.3. The van der Waals surface area contributed by atoms with E-state index < -0.39 is 11.4 Å². The summed E-state index contributed by atoms with van der Waals surface area (Å²) in [7, 11) is 0. The van der Waals surface area contributed by atoms with Crippen molar-refractivity contribution in [2.45, 2.75) is 34.1 Å². The first-order valence-electron chi connectivity index (χ1n) is 7.88. The molecule has 1 unspecified atom stereocenters. The van der Waals surface area contributed by atoms with Crippen LogP contribution in [0.2, 0.25) is 0 Å². The second kappa shape index (κ2) is 5.51. The Hall–Kier alpha value is -2.57. The van der Waals surface area contributed by atoms with Crippen LogP contribution in [0.3, 0.4) is 0 Å². The van der Waals surface area contributed by atoms with Crippen LogP contribution < -0.4 is 0 Å². The van der Waals surface area contributed by atoms with Crippen molar-refractivity contribution in [1.29, 1.82) is 0 Å². The Bertz CT molecular complexity index is 820. The van der Waals surface area contributed by atoms with Gasteiger partial charge < -0.3 is 14.5 Å². The van der Waals surface area contributed by atoms with Gasteiger partial charge in [-0.3, -0.25) is 14.2 Å². The normalized spacial score (nSPS) is 20.6. The Labute approximate surface area is 139 Å². The fraction of sp³-hybridized carbons (Fsp3) is 0.471. The Morgan fingerprint density at radius 2 is 2.00 bits per heavy atom. The number of carboxylic acid groups (broad SMARTS) is 1. The lowest BCUT2D eigenvalue weighted by Gasteiger charge is -2.20. The van der Waals surface area contributed by atoms with Crippen LogP contribution in [-0.4, -0.2) is 44.7 Å². The summed E-state index contributed by atoms with van der Waals surface area (Å²) in [6.45, 7) is 7.94. The molecule has 1 aliphatic heterocycles. The minimum absolute atomic E-state index is 0.139. The van der Waals surface area contributed by atoms with Crippen molar-refractivity contribution in [2.75, 3.05) is 13.1 Å². The molecule has 0 spiro atoms. The van der Waals surface area contributed by atoms with Gasteiger partial charge in [0.25, 0.3) is 5.91 Å². The van der Waals surface area contributed by atoms with Gasteiger partial charge in [-0.1, -0.05) is 5.16 Å². The number of aliphatic carboxylic acids is 1. The Morgan fingerprint density at radius 1 is 1.29 bits per heavy atom. The van der Waals surface area contributed by atoms with Crippen LogP contribution in [0.1, 0.15) is 40.9 Å². The van der Waals surface area contributed by atoms with Crippen LogP contribution in [0.5, 0.6) is 0 Å². The van der Waals surface area contributed by atoms with Gasteiger partial charge in [0.15, 0.2) is 5.82 Å². The van der Waals surface area contributed by atoms with E-state index in [1.807, 2.05) is 37.5 Å². The first-order valence-corrected chi connectivity index (χ1v) is 7.88. The highest BCUT2D eigenvalue weighted by molar-refractivity contribution is 5.96. The van der Waals surface area contributed by atoms with Crippen molar-refractivity contribution < 1.29 is 19.2 Å². The van der Waals surface area contributed by atoms with Crippen LogP contribution in [0.25, 0.3) is 5.82 Å². The Balaban J connectivity index is 1.91. The molecule has 1 N–H and O–H groups in total. The SMILES string of the molecule is Cc1cc(-n2c(C)cc(C(=O)N3CCC(C)(C(=O)O)C3)c2C)no1. The van der Waals surface area contributed by atoms with E-state index in [1.54, 1.807) is 11.8 Å². The molecule has 128 valence electrons. The van der Waals surface area contributed by atoms with Crippen LogP contribution >= 0.6 is 0 Å². The molecule has 0 bridgehead atoms. The van der Waals surface area contributed by atoms with Gasteiger partial charge >= 0.3 is 5.97 Å². The van der Waals surface area contributed by atoms with E-state index in [9.17, 15) is 14.7 Å². The third-order valence-corrected chi connectivity index (χ3v) is 4.78. The zero-order valence-electron chi connectivity index (χ0n) is 14.3. The van der Waals surface area contributed by atoms with Crippen LogP contribution in [-0.2, 0) is 4.79 Å². The molecule has 1 fully saturated rings. The van der Waals surface area contributed by atoms with Gasteiger partial charge in [-0.05, 0) is 40.2 Å². The molecule has 1 saturated heterocycles. The number of carbonyl (C=O) groups excluding carboxylic acids is 1. The minimum atomic E-state index is -0.871. The molecule has 7 heteroatoms. The lowest BCUT2D eigenvalue weighted by atomic mass is 9.90. The molecule has 1 atom stereocenters. The smallest absolute Gasteiger partial charge is 0.311 e. The van der Waals surface area contributed by atoms with Crippen molar-refractivity contribution in [3.8, 4) is 5.82 Å². The van der Waals surface area contributed by atoms with E-state index in [2.05, 4.69) is 5.16 Å². The monoisotopic (exact) mass is 331 g/mol. The number of aryl methyl sites for hydroxylation is 2. The van der Waals surface area contributed by atoms with E-state index in [-0.39, 0.29) is 12.5 Å². The summed E-state index contributed by atoms with van der Waals surface area (Å²) < 4.78 is 6.99. The summed E-state index contributed by atoms with van der Waals surface area (Å²) in [6, 6.07) is 3.63. The van der Waals surface area contributed by atoms with E-state index in [0.29, 0.717) is 30.1 Å². The zero-order chi connectivity index (χ0) is 17.6. The molecule has 1 amide bonds. The fourth-order valence-electron chi connectivity index (χ4n) is 3.27. The number of hydrogen-bond donors (Lipinski definition) is 1. The van der Waals surface area contributed by atoms with Crippen molar-refractivity contribution in [2.24, 2.45) is 5.41 Å². The largest absolute Gasteiger partial charge is 0.481 e. The highest BCUT2D eigenvalue weighted by Gasteiger charge is 2.42. The third kappa shape index (κ3) is 2.50. The molecule has 0 radical (unpaired) electrons. The van der Waals surface area contributed by atoms with Gasteiger partial charge in [0.2, 0.25) is 0 Å². The minimum Gasteiger partial charge on any atom is -0.481 e. The highest BCUT2D eigenvalue weighted by atomic mass is 16.5. The average Bonchev–Trinajstić information content (AvgIpc) is 3.18. The molecular formula is C17H21N3O4. The van der Waals surface area contributed by atoms with Gasteiger partial charge in [-0.15, -0.1) is 0 Å². The van der Waals surface area contributed by atoms with Crippen molar-refractivity contribution in [1.82, 2.24) is 14.6 Å². The molecule has 0 aliphatic carbocycles. The second-order valence-corrected chi connectivity index (χ2v) is 6.76. The molecule has 2 aromatic rings. The lowest BCUT2D eigenvalue weighted by Crippen LogP contribution is -2.35. The van der Waals surface area contributed by atoms with E-state index >= 15 is 0 Å². The van der Waals surface area contributed by atoms with Gasteiger partial charge in [-0.25, -0.2) is 0 Å². The number of hydrogen-bond acceptors (Lipinski definition) is 4. The van der Waals surface area contributed by atoms with Gasteiger partial charge in [0.05, 0.1) is 11.0 Å².